The molecule has 0 aliphatic rings. The largest absolute Gasteiger partial charge is 0.322 e. The van der Waals surface area contributed by atoms with E-state index in [9.17, 15) is 13.6 Å². The highest BCUT2D eigenvalue weighted by molar-refractivity contribution is 9.10. The van der Waals surface area contributed by atoms with Crippen LogP contribution in [0.3, 0.4) is 0 Å². The van der Waals surface area contributed by atoms with Crippen LogP contribution in [0.25, 0.3) is 0 Å². The van der Waals surface area contributed by atoms with Crippen molar-refractivity contribution < 1.29 is 13.6 Å². The number of carbonyl (C=O) groups excluding carboxylic acids is 1. The molecule has 0 spiro atoms. The summed E-state index contributed by atoms with van der Waals surface area (Å²) < 4.78 is 26.7. The first-order chi connectivity index (χ1) is 9.97. The number of carbonyl (C=O) groups is 1. The van der Waals surface area contributed by atoms with Crippen molar-refractivity contribution in [3.63, 3.8) is 0 Å². The minimum Gasteiger partial charge on any atom is -0.322 e. The highest BCUT2D eigenvalue weighted by Gasteiger charge is 2.17. The molecule has 0 bridgehead atoms. The van der Waals surface area contributed by atoms with Crippen molar-refractivity contribution in [3.8, 4) is 0 Å². The van der Waals surface area contributed by atoms with E-state index in [2.05, 4.69) is 21.2 Å². The second-order valence-corrected chi connectivity index (χ2v) is 5.39. The third-order valence-corrected chi connectivity index (χ3v) is 3.51. The van der Waals surface area contributed by atoms with Crippen LogP contribution in [-0.2, 0) is 11.2 Å². The van der Waals surface area contributed by atoms with Crippen LogP contribution < -0.4 is 11.1 Å². The lowest BCUT2D eigenvalue weighted by Crippen LogP contribution is -2.37. The van der Waals surface area contributed by atoms with Crippen molar-refractivity contribution in [2.75, 3.05) is 5.32 Å². The van der Waals surface area contributed by atoms with Crippen molar-refractivity contribution in [3.05, 3.63) is 64.1 Å². The summed E-state index contributed by atoms with van der Waals surface area (Å²) in [5, 5.41) is 2.36. The fourth-order valence-corrected chi connectivity index (χ4v) is 2.15. The molecule has 6 heteroatoms. The number of anilines is 1. The molecule has 0 fully saturated rings. The maximum absolute atomic E-state index is 13.6. The number of halogens is 3. The van der Waals surface area contributed by atoms with Crippen LogP contribution in [-0.4, -0.2) is 11.9 Å². The monoisotopic (exact) mass is 354 g/mol. The van der Waals surface area contributed by atoms with Crippen molar-refractivity contribution in [2.24, 2.45) is 5.73 Å². The van der Waals surface area contributed by atoms with Gasteiger partial charge >= 0.3 is 0 Å². The molecule has 0 aromatic heterocycles. The van der Waals surface area contributed by atoms with E-state index in [0.717, 1.165) is 11.6 Å². The van der Waals surface area contributed by atoms with Crippen molar-refractivity contribution >= 4 is 27.5 Å². The Kier molecular flexibility index (Phi) is 5.03. The zero-order valence-electron chi connectivity index (χ0n) is 10.9. The van der Waals surface area contributed by atoms with Gasteiger partial charge in [0.2, 0.25) is 5.91 Å². The van der Waals surface area contributed by atoms with Crippen LogP contribution in [0.1, 0.15) is 5.56 Å². The van der Waals surface area contributed by atoms with E-state index >= 15 is 0 Å². The highest BCUT2D eigenvalue weighted by atomic mass is 79.9. The van der Waals surface area contributed by atoms with E-state index in [1.54, 1.807) is 0 Å². The Balaban J connectivity index is 2.06. The number of amides is 1. The molecular formula is C15H13BrF2N2O. The van der Waals surface area contributed by atoms with Gasteiger partial charge in [0, 0.05) is 6.07 Å². The molecule has 3 N–H and O–H groups in total. The van der Waals surface area contributed by atoms with Gasteiger partial charge in [0.05, 0.1) is 16.2 Å². The average Bonchev–Trinajstić information content (AvgIpc) is 2.45. The molecular weight excluding hydrogens is 342 g/mol. The standard InChI is InChI=1S/C15H13BrF2N2O/c16-10-7-14(12(18)8-11(10)17)20-15(21)13(19)6-9-4-2-1-3-5-9/h1-5,7-8,13H,6,19H2,(H,20,21)/t13-/m0/s1. The summed E-state index contributed by atoms with van der Waals surface area (Å²) in [5.74, 6) is -2.12. The van der Waals surface area contributed by atoms with Crippen LogP contribution in [0, 0.1) is 11.6 Å². The SMILES string of the molecule is N[C@@H](Cc1ccccc1)C(=O)Nc1cc(Br)c(F)cc1F. The van der Waals surface area contributed by atoms with Gasteiger partial charge in [-0.05, 0) is 34.0 Å². The molecule has 1 atom stereocenters. The summed E-state index contributed by atoms with van der Waals surface area (Å²) in [4.78, 5) is 12.0. The molecule has 2 rings (SSSR count). The van der Waals surface area contributed by atoms with E-state index in [4.69, 9.17) is 5.73 Å². The second kappa shape index (κ2) is 6.78. The molecule has 2 aromatic carbocycles. The van der Waals surface area contributed by atoms with Crippen LogP contribution in [0.5, 0.6) is 0 Å². The molecule has 21 heavy (non-hydrogen) atoms. The lowest BCUT2D eigenvalue weighted by atomic mass is 10.1. The molecule has 0 aliphatic heterocycles. The maximum Gasteiger partial charge on any atom is 0.241 e. The van der Waals surface area contributed by atoms with Crippen LogP contribution in [0.4, 0.5) is 14.5 Å². The maximum atomic E-state index is 13.6. The molecule has 1 amide bonds. The molecule has 2 aromatic rings. The summed E-state index contributed by atoms with van der Waals surface area (Å²) in [6.07, 6.45) is 0.330. The van der Waals surface area contributed by atoms with Gasteiger partial charge in [-0.25, -0.2) is 8.78 Å². The van der Waals surface area contributed by atoms with E-state index < -0.39 is 23.6 Å². The molecule has 0 heterocycles. The molecule has 0 unspecified atom stereocenters. The van der Waals surface area contributed by atoms with Gasteiger partial charge in [-0.3, -0.25) is 4.79 Å². The van der Waals surface area contributed by atoms with Crippen molar-refractivity contribution in [2.45, 2.75) is 12.5 Å². The summed E-state index contributed by atoms with van der Waals surface area (Å²) in [6.45, 7) is 0. The Morgan fingerprint density at radius 3 is 2.52 bits per heavy atom. The van der Waals surface area contributed by atoms with Crippen LogP contribution in [0.2, 0.25) is 0 Å². The molecule has 0 aliphatic carbocycles. The highest BCUT2D eigenvalue weighted by Crippen LogP contribution is 2.23. The third kappa shape index (κ3) is 4.09. The molecule has 0 saturated carbocycles. The Labute approximate surface area is 129 Å². The van der Waals surface area contributed by atoms with Crippen LogP contribution >= 0.6 is 15.9 Å². The normalized spacial score (nSPS) is 12.0. The smallest absolute Gasteiger partial charge is 0.241 e. The van der Waals surface area contributed by atoms with Gasteiger partial charge in [-0.1, -0.05) is 30.3 Å². The third-order valence-electron chi connectivity index (χ3n) is 2.90. The Morgan fingerprint density at radius 2 is 1.86 bits per heavy atom. The zero-order chi connectivity index (χ0) is 15.4. The van der Waals surface area contributed by atoms with E-state index in [0.29, 0.717) is 12.5 Å². The van der Waals surface area contributed by atoms with Gasteiger partial charge in [-0.15, -0.1) is 0 Å². The average molecular weight is 355 g/mol. The quantitative estimate of drug-likeness (QED) is 0.828. The lowest BCUT2D eigenvalue weighted by Gasteiger charge is -2.13. The van der Waals surface area contributed by atoms with E-state index in [1.165, 1.54) is 0 Å². The minimum atomic E-state index is -0.851. The summed E-state index contributed by atoms with van der Waals surface area (Å²) in [5.41, 5.74) is 6.58. The lowest BCUT2D eigenvalue weighted by molar-refractivity contribution is -0.117. The summed E-state index contributed by atoms with van der Waals surface area (Å²) in [6, 6.07) is 10.3. The molecule has 0 radical (unpaired) electrons. The zero-order valence-corrected chi connectivity index (χ0v) is 12.5. The fourth-order valence-electron chi connectivity index (χ4n) is 1.80. The minimum absolute atomic E-state index is 0.0656. The molecule has 3 nitrogen and oxygen atoms in total. The Bertz CT molecular complexity index is 650. The number of nitrogens with one attached hydrogen (secondary N) is 1. The van der Waals surface area contributed by atoms with Crippen molar-refractivity contribution in [1.82, 2.24) is 0 Å². The Morgan fingerprint density at radius 1 is 1.19 bits per heavy atom. The fraction of sp³-hybridized carbons (Fsp3) is 0.133. The first-order valence-electron chi connectivity index (χ1n) is 6.22. The van der Waals surface area contributed by atoms with E-state index in [1.807, 2.05) is 30.3 Å². The van der Waals surface area contributed by atoms with Gasteiger partial charge in [0.15, 0.2) is 0 Å². The van der Waals surface area contributed by atoms with Crippen molar-refractivity contribution in [1.29, 1.82) is 0 Å². The van der Waals surface area contributed by atoms with E-state index in [-0.39, 0.29) is 10.2 Å². The van der Waals surface area contributed by atoms with Crippen LogP contribution in [0.15, 0.2) is 46.9 Å². The van der Waals surface area contributed by atoms with Gasteiger partial charge in [0.1, 0.15) is 11.6 Å². The first-order valence-corrected chi connectivity index (χ1v) is 7.01. The number of rotatable bonds is 4. The second-order valence-electron chi connectivity index (χ2n) is 4.53. The first kappa shape index (κ1) is 15.6. The predicted octanol–water partition coefficient (Wildman–Crippen LogP) is 3.24. The number of hydrogen-bond acceptors (Lipinski definition) is 2. The predicted molar refractivity (Wildman–Crippen MR) is 80.8 cm³/mol. The Hall–Kier alpha value is -1.79. The number of benzene rings is 2. The molecule has 110 valence electrons. The number of nitrogens with two attached hydrogens (primary N) is 1. The summed E-state index contributed by atoms with van der Waals surface area (Å²) in [7, 11) is 0. The summed E-state index contributed by atoms with van der Waals surface area (Å²) >= 11 is 2.94. The topological polar surface area (TPSA) is 55.1 Å². The van der Waals surface area contributed by atoms with Gasteiger partial charge in [0.25, 0.3) is 0 Å². The molecule has 0 saturated heterocycles. The van der Waals surface area contributed by atoms with Gasteiger partial charge in [-0.2, -0.15) is 0 Å². The van der Waals surface area contributed by atoms with Gasteiger partial charge < -0.3 is 11.1 Å². The number of hydrogen-bond donors (Lipinski definition) is 2.